The molecule has 0 saturated heterocycles. The fraction of sp³-hybridized carbons (Fsp3) is 0.214. The van der Waals surface area contributed by atoms with Crippen molar-refractivity contribution in [3.8, 4) is 6.07 Å². The number of aromatic nitrogens is 1. The molecule has 21 heavy (non-hydrogen) atoms. The molecule has 1 aliphatic rings. The van der Waals surface area contributed by atoms with Gasteiger partial charge >= 0.3 is 0 Å². The Kier molecular flexibility index (Phi) is 3.64. The summed E-state index contributed by atoms with van der Waals surface area (Å²) in [5, 5.41) is 15.6. The summed E-state index contributed by atoms with van der Waals surface area (Å²) in [6.45, 7) is 1.50. The third-order valence-electron chi connectivity index (χ3n) is 3.28. The number of hydrogen-bond acceptors (Lipinski definition) is 5. The van der Waals surface area contributed by atoms with E-state index in [-0.39, 0.29) is 5.56 Å². The Morgan fingerprint density at radius 3 is 3.19 bits per heavy atom. The van der Waals surface area contributed by atoms with Gasteiger partial charge in [-0.05, 0) is 24.6 Å². The third-order valence-corrected chi connectivity index (χ3v) is 4.43. The zero-order chi connectivity index (χ0) is 14.8. The van der Waals surface area contributed by atoms with Crippen LogP contribution in [0.1, 0.15) is 26.4 Å². The van der Waals surface area contributed by atoms with Crippen molar-refractivity contribution < 1.29 is 9.18 Å². The number of thiophene rings is 1. The summed E-state index contributed by atoms with van der Waals surface area (Å²) in [5.74, 6) is -1.26. The Balaban J connectivity index is 1.92. The average Bonchev–Trinajstić information content (AvgIpc) is 2.84. The monoisotopic (exact) mass is 302 g/mol. The molecule has 1 amide bonds. The molecule has 0 aromatic carbocycles. The van der Waals surface area contributed by atoms with Gasteiger partial charge in [0, 0.05) is 17.6 Å². The van der Waals surface area contributed by atoms with Crippen LogP contribution in [0.5, 0.6) is 0 Å². The van der Waals surface area contributed by atoms with Gasteiger partial charge in [0.05, 0.1) is 17.3 Å². The largest absolute Gasteiger partial charge is 0.312 e. The lowest BCUT2D eigenvalue weighted by Crippen LogP contribution is -2.22. The van der Waals surface area contributed by atoms with E-state index in [1.54, 1.807) is 0 Å². The number of fused-ring (bicyclic) bond motifs is 1. The highest BCUT2D eigenvalue weighted by molar-refractivity contribution is 7.16. The molecule has 2 aromatic rings. The van der Waals surface area contributed by atoms with Gasteiger partial charge in [-0.15, -0.1) is 11.3 Å². The summed E-state index contributed by atoms with van der Waals surface area (Å²) in [5.41, 5.74) is 1.38. The standard InChI is InChI=1S/C14H11FN4OS/c15-11-6-17-4-2-9(11)13(20)19-14-10(5-16)8-1-3-18-7-12(8)21-14/h2,4,6,18H,1,3,7H2,(H,19,20). The molecule has 1 aliphatic heterocycles. The molecule has 3 rings (SSSR count). The fourth-order valence-corrected chi connectivity index (χ4v) is 3.43. The summed E-state index contributed by atoms with van der Waals surface area (Å²) >= 11 is 1.36. The number of carbonyl (C=O) groups excluding carboxylic acids is 1. The maximum absolute atomic E-state index is 13.6. The number of nitrogens with one attached hydrogen (secondary N) is 2. The molecule has 0 bridgehead atoms. The van der Waals surface area contributed by atoms with E-state index in [4.69, 9.17) is 0 Å². The number of halogens is 1. The number of amides is 1. The van der Waals surface area contributed by atoms with Crippen LogP contribution in [0.25, 0.3) is 0 Å². The number of nitriles is 1. The second-order valence-corrected chi connectivity index (χ2v) is 5.66. The fourth-order valence-electron chi connectivity index (χ4n) is 2.27. The van der Waals surface area contributed by atoms with Crippen molar-refractivity contribution in [3.63, 3.8) is 0 Å². The number of nitrogens with zero attached hydrogens (tertiary/aromatic N) is 2. The predicted octanol–water partition coefficient (Wildman–Crippen LogP) is 2.05. The van der Waals surface area contributed by atoms with Gasteiger partial charge in [0.1, 0.15) is 11.1 Å². The molecule has 5 nitrogen and oxygen atoms in total. The van der Waals surface area contributed by atoms with Crippen LogP contribution in [0.2, 0.25) is 0 Å². The zero-order valence-corrected chi connectivity index (χ0v) is 11.8. The van der Waals surface area contributed by atoms with Gasteiger partial charge in [0.2, 0.25) is 0 Å². The van der Waals surface area contributed by atoms with E-state index >= 15 is 0 Å². The van der Waals surface area contributed by atoms with E-state index in [0.717, 1.165) is 29.6 Å². The second-order valence-electron chi connectivity index (χ2n) is 4.56. The van der Waals surface area contributed by atoms with E-state index in [2.05, 4.69) is 21.7 Å². The molecular formula is C14H11FN4OS. The minimum atomic E-state index is -0.684. The number of rotatable bonds is 2. The smallest absolute Gasteiger partial charge is 0.259 e. The van der Waals surface area contributed by atoms with Crippen LogP contribution in [0.4, 0.5) is 9.39 Å². The van der Waals surface area contributed by atoms with Crippen LogP contribution in [0.3, 0.4) is 0 Å². The molecule has 2 aromatic heterocycles. The molecule has 106 valence electrons. The van der Waals surface area contributed by atoms with Crippen molar-refractivity contribution in [1.29, 1.82) is 5.26 Å². The minimum absolute atomic E-state index is 0.0848. The van der Waals surface area contributed by atoms with Crippen molar-refractivity contribution in [2.75, 3.05) is 11.9 Å². The lowest BCUT2D eigenvalue weighted by molar-refractivity contribution is 0.102. The van der Waals surface area contributed by atoms with E-state index in [1.165, 1.54) is 23.6 Å². The summed E-state index contributed by atoms with van der Waals surface area (Å²) in [6.07, 6.45) is 3.10. The molecule has 0 unspecified atom stereocenters. The van der Waals surface area contributed by atoms with E-state index in [1.807, 2.05) is 0 Å². The van der Waals surface area contributed by atoms with Crippen LogP contribution >= 0.6 is 11.3 Å². The number of anilines is 1. The molecule has 0 fully saturated rings. The first kappa shape index (κ1) is 13.7. The van der Waals surface area contributed by atoms with Gasteiger partial charge in [-0.1, -0.05) is 0 Å². The van der Waals surface area contributed by atoms with Gasteiger partial charge in [-0.3, -0.25) is 9.78 Å². The summed E-state index contributed by atoms with van der Waals surface area (Å²) in [7, 11) is 0. The Bertz CT molecular complexity index is 750. The summed E-state index contributed by atoms with van der Waals surface area (Å²) < 4.78 is 13.6. The summed E-state index contributed by atoms with van der Waals surface area (Å²) in [6, 6.07) is 3.45. The van der Waals surface area contributed by atoms with Gasteiger partial charge in [0.25, 0.3) is 5.91 Å². The van der Waals surface area contributed by atoms with Gasteiger partial charge in [0.15, 0.2) is 5.82 Å². The van der Waals surface area contributed by atoms with Gasteiger partial charge in [-0.25, -0.2) is 4.39 Å². The summed E-state index contributed by atoms with van der Waals surface area (Å²) in [4.78, 5) is 16.8. The highest BCUT2D eigenvalue weighted by Gasteiger charge is 2.22. The Morgan fingerprint density at radius 1 is 1.57 bits per heavy atom. The number of carbonyl (C=O) groups is 1. The Hall–Kier alpha value is -2.30. The second kappa shape index (κ2) is 5.60. The lowest BCUT2D eigenvalue weighted by atomic mass is 10.1. The molecule has 0 saturated carbocycles. The molecule has 2 N–H and O–H groups in total. The minimum Gasteiger partial charge on any atom is -0.312 e. The van der Waals surface area contributed by atoms with Crippen LogP contribution in [-0.4, -0.2) is 17.4 Å². The van der Waals surface area contributed by atoms with Crippen molar-refractivity contribution in [1.82, 2.24) is 10.3 Å². The maximum atomic E-state index is 13.6. The molecule has 0 radical (unpaired) electrons. The van der Waals surface area contributed by atoms with Crippen molar-refractivity contribution in [2.45, 2.75) is 13.0 Å². The normalized spacial score (nSPS) is 13.3. The average molecular weight is 302 g/mol. The molecule has 7 heteroatoms. The van der Waals surface area contributed by atoms with Crippen LogP contribution in [0.15, 0.2) is 18.5 Å². The van der Waals surface area contributed by atoms with Crippen LogP contribution in [0, 0.1) is 17.1 Å². The first-order valence-electron chi connectivity index (χ1n) is 6.37. The van der Waals surface area contributed by atoms with Crippen LogP contribution < -0.4 is 10.6 Å². The zero-order valence-electron chi connectivity index (χ0n) is 10.9. The van der Waals surface area contributed by atoms with E-state index < -0.39 is 11.7 Å². The Labute approximate surface area is 124 Å². The molecule has 3 heterocycles. The topological polar surface area (TPSA) is 77.8 Å². The third kappa shape index (κ3) is 2.51. The molecule has 0 spiro atoms. The first-order valence-corrected chi connectivity index (χ1v) is 7.18. The quantitative estimate of drug-likeness (QED) is 0.890. The van der Waals surface area contributed by atoms with E-state index in [9.17, 15) is 14.4 Å². The molecular weight excluding hydrogens is 291 g/mol. The number of pyridine rings is 1. The van der Waals surface area contributed by atoms with Crippen molar-refractivity contribution in [3.05, 3.63) is 45.8 Å². The molecule has 0 atom stereocenters. The Morgan fingerprint density at radius 2 is 2.43 bits per heavy atom. The van der Waals surface area contributed by atoms with Crippen molar-refractivity contribution >= 4 is 22.2 Å². The lowest BCUT2D eigenvalue weighted by Gasteiger charge is -2.11. The maximum Gasteiger partial charge on any atom is 0.259 e. The van der Waals surface area contributed by atoms with Gasteiger partial charge in [-0.2, -0.15) is 5.26 Å². The van der Waals surface area contributed by atoms with Gasteiger partial charge < -0.3 is 10.6 Å². The SMILES string of the molecule is N#Cc1c(NC(=O)c2ccncc2F)sc2c1CCNC2. The first-order chi connectivity index (χ1) is 10.2. The van der Waals surface area contributed by atoms with Crippen LogP contribution in [-0.2, 0) is 13.0 Å². The van der Waals surface area contributed by atoms with Crippen molar-refractivity contribution in [2.24, 2.45) is 0 Å². The predicted molar refractivity (Wildman–Crippen MR) is 76.6 cm³/mol. The highest BCUT2D eigenvalue weighted by atomic mass is 32.1. The highest BCUT2D eigenvalue weighted by Crippen LogP contribution is 2.35. The van der Waals surface area contributed by atoms with E-state index in [0.29, 0.717) is 17.1 Å². The molecule has 0 aliphatic carbocycles. The number of hydrogen-bond donors (Lipinski definition) is 2.